The van der Waals surface area contributed by atoms with Crippen LogP contribution in [0.15, 0.2) is 0 Å². The number of sulfone groups is 1. The van der Waals surface area contributed by atoms with Crippen LogP contribution in [-0.4, -0.2) is 54.4 Å². The Morgan fingerprint density at radius 1 is 1.31 bits per heavy atom. The lowest BCUT2D eigenvalue weighted by atomic mass is 10.3. The van der Waals surface area contributed by atoms with Gasteiger partial charge in [0.2, 0.25) is 5.91 Å². The average molecular weight is 251 g/mol. The van der Waals surface area contributed by atoms with Gasteiger partial charge in [0.1, 0.15) is 12.3 Å². The molecule has 0 aliphatic rings. The summed E-state index contributed by atoms with van der Waals surface area (Å²) in [7, 11) is -3.42. The van der Waals surface area contributed by atoms with Crippen molar-refractivity contribution < 1.29 is 23.1 Å². The number of hydrogen-bond acceptors (Lipinski definition) is 4. The number of amides is 1. The fraction of sp³-hybridized carbons (Fsp3) is 0.778. The molecule has 0 unspecified atom stereocenters. The fourth-order valence-corrected chi connectivity index (χ4v) is 1.82. The molecule has 6 nitrogen and oxygen atoms in total. The quantitative estimate of drug-likeness (QED) is 0.702. The van der Waals surface area contributed by atoms with Gasteiger partial charge >= 0.3 is 5.97 Å². The van der Waals surface area contributed by atoms with Gasteiger partial charge in [0.25, 0.3) is 0 Å². The third kappa shape index (κ3) is 5.11. The van der Waals surface area contributed by atoms with E-state index in [1.165, 1.54) is 6.92 Å². The highest BCUT2D eigenvalue weighted by Gasteiger charge is 2.24. The molecule has 0 bridgehead atoms. The van der Waals surface area contributed by atoms with Gasteiger partial charge < -0.3 is 10.0 Å². The Morgan fingerprint density at radius 2 is 1.81 bits per heavy atom. The van der Waals surface area contributed by atoms with Crippen molar-refractivity contribution in [2.24, 2.45) is 0 Å². The van der Waals surface area contributed by atoms with Crippen molar-refractivity contribution >= 4 is 21.7 Å². The number of carboxylic acids is 1. The van der Waals surface area contributed by atoms with Crippen LogP contribution in [0.4, 0.5) is 0 Å². The van der Waals surface area contributed by atoms with Gasteiger partial charge in [-0.3, -0.25) is 9.59 Å². The number of carbonyl (C=O) groups excluding carboxylic acids is 1. The van der Waals surface area contributed by atoms with Gasteiger partial charge in [-0.2, -0.15) is 0 Å². The molecule has 94 valence electrons. The third-order valence-corrected chi connectivity index (χ3v) is 3.60. The van der Waals surface area contributed by atoms with Crippen molar-refractivity contribution in [2.75, 3.05) is 18.1 Å². The standard InChI is InChI=1S/C9H17NO5S/c1-4-16(14,15)6-8(11)10(7(2)3)5-9(12)13/h7H,4-6H2,1-3H3,(H,12,13). The predicted molar refractivity (Wildman–Crippen MR) is 58.8 cm³/mol. The smallest absolute Gasteiger partial charge is 0.323 e. The molecule has 1 amide bonds. The Kier molecular flexibility index (Phi) is 5.43. The van der Waals surface area contributed by atoms with Crippen LogP contribution in [0.5, 0.6) is 0 Å². The molecular formula is C9H17NO5S. The van der Waals surface area contributed by atoms with E-state index in [1.54, 1.807) is 13.8 Å². The van der Waals surface area contributed by atoms with Crippen LogP contribution >= 0.6 is 0 Å². The van der Waals surface area contributed by atoms with E-state index in [2.05, 4.69) is 0 Å². The molecular weight excluding hydrogens is 234 g/mol. The van der Waals surface area contributed by atoms with Crippen LogP contribution in [-0.2, 0) is 19.4 Å². The van der Waals surface area contributed by atoms with Crippen molar-refractivity contribution in [3.05, 3.63) is 0 Å². The van der Waals surface area contributed by atoms with Gasteiger partial charge in [-0.1, -0.05) is 6.92 Å². The highest BCUT2D eigenvalue weighted by atomic mass is 32.2. The predicted octanol–water partition coefficient (Wildman–Crippen LogP) is -0.257. The molecule has 0 fully saturated rings. The van der Waals surface area contributed by atoms with E-state index < -0.39 is 34.0 Å². The zero-order chi connectivity index (χ0) is 12.9. The summed E-state index contributed by atoms with van der Waals surface area (Å²) in [5.74, 6) is -2.58. The van der Waals surface area contributed by atoms with Crippen LogP contribution in [0.2, 0.25) is 0 Å². The first-order chi connectivity index (χ1) is 7.19. The minimum absolute atomic E-state index is 0.127. The lowest BCUT2D eigenvalue weighted by Crippen LogP contribution is -2.43. The Bertz CT molecular complexity index is 360. The van der Waals surface area contributed by atoms with E-state index in [0.29, 0.717) is 0 Å². The second-order valence-corrected chi connectivity index (χ2v) is 6.04. The summed E-state index contributed by atoms with van der Waals surface area (Å²) >= 11 is 0. The summed E-state index contributed by atoms with van der Waals surface area (Å²) in [5.41, 5.74) is 0. The van der Waals surface area contributed by atoms with Gasteiger partial charge in [0.15, 0.2) is 9.84 Å². The fourth-order valence-electron chi connectivity index (χ4n) is 1.08. The molecule has 0 atom stereocenters. The van der Waals surface area contributed by atoms with Gasteiger partial charge in [0, 0.05) is 11.8 Å². The van der Waals surface area contributed by atoms with Crippen LogP contribution in [0.25, 0.3) is 0 Å². The van der Waals surface area contributed by atoms with Crippen molar-refractivity contribution in [3.63, 3.8) is 0 Å². The molecule has 0 aromatic heterocycles. The summed E-state index contributed by atoms with van der Waals surface area (Å²) in [4.78, 5) is 23.1. The lowest BCUT2D eigenvalue weighted by Gasteiger charge is -2.24. The molecule has 0 aliphatic heterocycles. The average Bonchev–Trinajstić information content (AvgIpc) is 2.12. The summed E-state index contributed by atoms with van der Waals surface area (Å²) in [6.45, 7) is 4.24. The number of aliphatic carboxylic acids is 1. The van der Waals surface area contributed by atoms with Gasteiger partial charge in [-0.05, 0) is 13.8 Å². The molecule has 0 saturated carbocycles. The summed E-state index contributed by atoms with van der Waals surface area (Å²) in [5, 5.41) is 8.59. The van der Waals surface area contributed by atoms with Crippen LogP contribution < -0.4 is 0 Å². The molecule has 0 aromatic carbocycles. The molecule has 1 N–H and O–H groups in total. The molecule has 0 aliphatic carbocycles. The second-order valence-electron chi connectivity index (χ2n) is 3.69. The number of carbonyl (C=O) groups is 2. The minimum atomic E-state index is -3.42. The summed E-state index contributed by atoms with van der Waals surface area (Å²) < 4.78 is 22.5. The van der Waals surface area contributed by atoms with Crippen molar-refractivity contribution in [1.29, 1.82) is 0 Å². The lowest BCUT2D eigenvalue weighted by molar-refractivity contribution is -0.144. The zero-order valence-corrected chi connectivity index (χ0v) is 10.5. The minimum Gasteiger partial charge on any atom is -0.480 e. The van der Waals surface area contributed by atoms with Crippen molar-refractivity contribution in [1.82, 2.24) is 4.90 Å². The first-order valence-electron chi connectivity index (χ1n) is 4.91. The SMILES string of the molecule is CCS(=O)(=O)CC(=O)N(CC(=O)O)C(C)C. The Balaban J connectivity index is 4.70. The van der Waals surface area contributed by atoms with E-state index in [0.717, 1.165) is 4.90 Å². The van der Waals surface area contributed by atoms with Gasteiger partial charge in [-0.25, -0.2) is 8.42 Å². The maximum atomic E-state index is 11.6. The van der Waals surface area contributed by atoms with Gasteiger partial charge in [0.05, 0.1) is 0 Å². The first-order valence-corrected chi connectivity index (χ1v) is 6.73. The van der Waals surface area contributed by atoms with Gasteiger partial charge in [-0.15, -0.1) is 0 Å². The molecule has 0 radical (unpaired) electrons. The van der Waals surface area contributed by atoms with Crippen molar-refractivity contribution in [3.8, 4) is 0 Å². The third-order valence-electron chi connectivity index (χ3n) is 2.03. The number of carboxylic acid groups (broad SMARTS) is 1. The van der Waals surface area contributed by atoms with E-state index >= 15 is 0 Å². The zero-order valence-electron chi connectivity index (χ0n) is 9.63. The number of hydrogen-bond donors (Lipinski definition) is 1. The maximum absolute atomic E-state index is 11.6. The monoisotopic (exact) mass is 251 g/mol. The molecule has 7 heteroatoms. The topological polar surface area (TPSA) is 91.8 Å². The van der Waals surface area contributed by atoms with E-state index in [4.69, 9.17) is 5.11 Å². The Hall–Kier alpha value is -1.11. The molecule has 16 heavy (non-hydrogen) atoms. The van der Waals surface area contributed by atoms with E-state index in [1.807, 2.05) is 0 Å². The molecule has 0 heterocycles. The summed E-state index contributed by atoms with van der Waals surface area (Å²) in [6.07, 6.45) is 0. The number of nitrogens with zero attached hydrogens (tertiary/aromatic N) is 1. The maximum Gasteiger partial charge on any atom is 0.323 e. The largest absolute Gasteiger partial charge is 0.480 e. The highest BCUT2D eigenvalue weighted by Crippen LogP contribution is 2.02. The Morgan fingerprint density at radius 3 is 2.12 bits per heavy atom. The Labute approximate surface area is 95.2 Å². The molecule has 0 spiro atoms. The highest BCUT2D eigenvalue weighted by molar-refractivity contribution is 7.92. The molecule has 0 rings (SSSR count). The summed E-state index contributed by atoms with van der Waals surface area (Å²) in [6, 6.07) is -0.337. The van der Waals surface area contributed by atoms with Crippen LogP contribution in [0, 0.1) is 0 Å². The first kappa shape index (κ1) is 14.9. The van der Waals surface area contributed by atoms with Crippen LogP contribution in [0.3, 0.4) is 0 Å². The molecule has 0 saturated heterocycles. The van der Waals surface area contributed by atoms with E-state index in [-0.39, 0.29) is 11.8 Å². The molecule has 0 aromatic rings. The second kappa shape index (κ2) is 5.83. The van der Waals surface area contributed by atoms with Crippen LogP contribution in [0.1, 0.15) is 20.8 Å². The normalized spacial score (nSPS) is 11.5. The van der Waals surface area contributed by atoms with E-state index in [9.17, 15) is 18.0 Å². The van der Waals surface area contributed by atoms with Crippen molar-refractivity contribution in [2.45, 2.75) is 26.8 Å². The number of rotatable bonds is 6.